The van der Waals surface area contributed by atoms with Crippen molar-refractivity contribution in [1.82, 2.24) is 9.55 Å². The molecule has 0 saturated heterocycles. The first-order valence-electron chi connectivity index (χ1n) is 4.65. The lowest BCUT2D eigenvalue weighted by Crippen LogP contribution is -2.09. The van der Waals surface area contributed by atoms with Gasteiger partial charge in [0.2, 0.25) is 0 Å². The van der Waals surface area contributed by atoms with Gasteiger partial charge in [0, 0.05) is 25.1 Å². The number of aromatic carboxylic acids is 1. The largest absolute Gasteiger partial charge is 0.477 e. The van der Waals surface area contributed by atoms with Crippen LogP contribution in [0.5, 0.6) is 0 Å². The highest BCUT2D eigenvalue weighted by atomic mass is 35.5. The first kappa shape index (κ1) is 10.7. The van der Waals surface area contributed by atoms with Crippen molar-refractivity contribution in [2.24, 2.45) is 0 Å². The Kier molecular flexibility index (Phi) is 2.92. The average Bonchev–Trinajstić information content (AvgIpc) is 2.61. The molecule has 4 nitrogen and oxygen atoms in total. The fraction of sp³-hybridized carbons (Fsp3) is 0.0909. The van der Waals surface area contributed by atoms with Gasteiger partial charge in [-0.2, -0.15) is 0 Å². The summed E-state index contributed by atoms with van der Waals surface area (Å²) in [7, 11) is 0. The van der Waals surface area contributed by atoms with Gasteiger partial charge in [-0.1, -0.05) is 11.6 Å². The molecular weight excluding hydrogens is 228 g/mol. The number of carboxylic acid groups (broad SMARTS) is 1. The Morgan fingerprint density at radius 2 is 2.06 bits per heavy atom. The summed E-state index contributed by atoms with van der Waals surface area (Å²) in [6.07, 6.45) is 4.99. The zero-order valence-electron chi connectivity index (χ0n) is 8.30. The van der Waals surface area contributed by atoms with E-state index in [0.717, 1.165) is 5.56 Å². The fourth-order valence-electron chi connectivity index (χ4n) is 1.49. The second-order valence-corrected chi connectivity index (χ2v) is 3.71. The molecule has 0 aliphatic heterocycles. The first-order chi connectivity index (χ1) is 7.68. The van der Waals surface area contributed by atoms with E-state index in [2.05, 4.69) is 4.98 Å². The molecule has 82 valence electrons. The van der Waals surface area contributed by atoms with Gasteiger partial charge in [0.1, 0.15) is 5.69 Å². The molecule has 2 heterocycles. The van der Waals surface area contributed by atoms with E-state index in [1.165, 1.54) is 0 Å². The molecular formula is C11H9ClN2O2. The van der Waals surface area contributed by atoms with Gasteiger partial charge >= 0.3 is 5.97 Å². The lowest BCUT2D eigenvalue weighted by atomic mass is 10.2. The van der Waals surface area contributed by atoms with Crippen LogP contribution in [-0.4, -0.2) is 20.6 Å². The van der Waals surface area contributed by atoms with Crippen molar-refractivity contribution in [3.8, 4) is 0 Å². The molecule has 0 unspecified atom stereocenters. The van der Waals surface area contributed by atoms with E-state index >= 15 is 0 Å². The van der Waals surface area contributed by atoms with E-state index in [1.54, 1.807) is 29.2 Å². The minimum Gasteiger partial charge on any atom is -0.477 e. The van der Waals surface area contributed by atoms with Crippen LogP contribution in [0, 0.1) is 0 Å². The number of nitrogens with zero attached hydrogens (tertiary/aromatic N) is 2. The monoisotopic (exact) mass is 236 g/mol. The van der Waals surface area contributed by atoms with Crippen LogP contribution in [0.25, 0.3) is 0 Å². The van der Waals surface area contributed by atoms with E-state index in [0.29, 0.717) is 6.54 Å². The third kappa shape index (κ3) is 2.06. The molecule has 0 radical (unpaired) electrons. The van der Waals surface area contributed by atoms with Crippen LogP contribution in [0.15, 0.2) is 36.8 Å². The summed E-state index contributed by atoms with van der Waals surface area (Å²) in [6.45, 7) is 0.469. The van der Waals surface area contributed by atoms with Gasteiger partial charge in [-0.15, -0.1) is 0 Å². The van der Waals surface area contributed by atoms with Gasteiger partial charge in [-0.25, -0.2) is 4.79 Å². The SMILES string of the molecule is O=C(O)c1c(Cl)ccn1Cc1ccncc1. The quantitative estimate of drug-likeness (QED) is 0.890. The lowest BCUT2D eigenvalue weighted by molar-refractivity contribution is 0.0686. The summed E-state index contributed by atoms with van der Waals surface area (Å²) in [5.41, 5.74) is 1.09. The standard InChI is InChI=1S/C11H9ClN2O2/c12-9-3-6-14(10(9)11(15)16)7-8-1-4-13-5-2-8/h1-6H,7H2,(H,15,16). The van der Waals surface area contributed by atoms with Gasteiger partial charge in [-0.3, -0.25) is 4.98 Å². The van der Waals surface area contributed by atoms with Gasteiger partial charge in [0.15, 0.2) is 0 Å². The van der Waals surface area contributed by atoms with Gasteiger partial charge in [0.25, 0.3) is 0 Å². The van der Waals surface area contributed by atoms with Crippen LogP contribution in [0.2, 0.25) is 5.02 Å². The van der Waals surface area contributed by atoms with Crippen LogP contribution >= 0.6 is 11.6 Å². The normalized spacial score (nSPS) is 10.3. The minimum absolute atomic E-state index is 0.110. The third-order valence-electron chi connectivity index (χ3n) is 2.22. The molecule has 0 aliphatic carbocycles. The van der Waals surface area contributed by atoms with Gasteiger partial charge in [-0.05, 0) is 23.8 Å². The fourth-order valence-corrected chi connectivity index (χ4v) is 1.73. The van der Waals surface area contributed by atoms with Crippen molar-refractivity contribution < 1.29 is 9.90 Å². The maximum Gasteiger partial charge on any atom is 0.354 e. The molecule has 0 spiro atoms. The Morgan fingerprint density at radius 3 is 2.69 bits per heavy atom. The number of hydrogen-bond donors (Lipinski definition) is 1. The number of carbonyl (C=O) groups is 1. The van der Waals surface area contributed by atoms with E-state index < -0.39 is 5.97 Å². The van der Waals surface area contributed by atoms with Crippen LogP contribution < -0.4 is 0 Å². The average molecular weight is 237 g/mol. The number of carboxylic acids is 1. The molecule has 2 rings (SSSR count). The smallest absolute Gasteiger partial charge is 0.354 e. The molecule has 0 bridgehead atoms. The zero-order valence-corrected chi connectivity index (χ0v) is 9.05. The van der Waals surface area contributed by atoms with Crippen molar-refractivity contribution in [2.45, 2.75) is 6.54 Å². The topological polar surface area (TPSA) is 55.1 Å². The molecule has 1 N–H and O–H groups in total. The summed E-state index contributed by atoms with van der Waals surface area (Å²) in [5, 5.41) is 9.25. The second kappa shape index (κ2) is 4.37. The predicted molar refractivity (Wildman–Crippen MR) is 59.7 cm³/mol. The van der Waals surface area contributed by atoms with Crippen molar-refractivity contribution in [3.05, 3.63) is 53.1 Å². The van der Waals surface area contributed by atoms with E-state index in [9.17, 15) is 4.79 Å². The van der Waals surface area contributed by atoms with Gasteiger partial charge < -0.3 is 9.67 Å². The Bertz CT molecular complexity index is 508. The summed E-state index contributed by atoms with van der Waals surface area (Å²) in [5.74, 6) is -1.02. The highest BCUT2D eigenvalue weighted by molar-refractivity contribution is 6.33. The third-order valence-corrected chi connectivity index (χ3v) is 2.52. The molecule has 0 aromatic carbocycles. The maximum absolute atomic E-state index is 11.0. The molecule has 0 atom stereocenters. The van der Waals surface area contributed by atoms with Crippen molar-refractivity contribution in [2.75, 3.05) is 0 Å². The number of hydrogen-bond acceptors (Lipinski definition) is 2. The molecule has 0 aliphatic rings. The second-order valence-electron chi connectivity index (χ2n) is 3.30. The van der Waals surface area contributed by atoms with Crippen LogP contribution in [-0.2, 0) is 6.54 Å². The predicted octanol–water partition coefficient (Wildman–Crippen LogP) is 2.28. The highest BCUT2D eigenvalue weighted by Crippen LogP contribution is 2.18. The number of aromatic nitrogens is 2. The van der Waals surface area contributed by atoms with Gasteiger partial charge in [0.05, 0.1) is 5.02 Å². The van der Waals surface area contributed by atoms with E-state index in [1.807, 2.05) is 12.1 Å². The van der Waals surface area contributed by atoms with Crippen LogP contribution in [0.4, 0.5) is 0 Å². The molecule has 2 aromatic heterocycles. The summed E-state index contributed by atoms with van der Waals surface area (Å²) in [6, 6.07) is 5.24. The summed E-state index contributed by atoms with van der Waals surface area (Å²) < 4.78 is 1.60. The Hall–Kier alpha value is -1.81. The minimum atomic E-state index is -1.02. The highest BCUT2D eigenvalue weighted by Gasteiger charge is 2.14. The summed E-state index contributed by atoms with van der Waals surface area (Å²) in [4.78, 5) is 14.9. The first-order valence-corrected chi connectivity index (χ1v) is 5.03. The van der Waals surface area contributed by atoms with Crippen LogP contribution in [0.1, 0.15) is 16.1 Å². The number of pyridine rings is 1. The molecule has 0 amide bonds. The van der Waals surface area contributed by atoms with Crippen molar-refractivity contribution in [1.29, 1.82) is 0 Å². The van der Waals surface area contributed by atoms with Crippen molar-refractivity contribution in [3.63, 3.8) is 0 Å². The van der Waals surface area contributed by atoms with E-state index in [-0.39, 0.29) is 10.7 Å². The Labute approximate surface area is 97.1 Å². The molecule has 0 fully saturated rings. The maximum atomic E-state index is 11.0. The number of halogens is 1. The van der Waals surface area contributed by atoms with E-state index in [4.69, 9.17) is 16.7 Å². The van der Waals surface area contributed by atoms with Crippen LogP contribution in [0.3, 0.4) is 0 Å². The number of rotatable bonds is 3. The zero-order chi connectivity index (χ0) is 11.5. The Balaban J connectivity index is 2.32. The lowest BCUT2D eigenvalue weighted by Gasteiger charge is -2.06. The molecule has 2 aromatic rings. The summed E-state index contributed by atoms with van der Waals surface area (Å²) >= 11 is 5.79. The molecule has 16 heavy (non-hydrogen) atoms. The molecule has 5 heteroatoms. The molecule has 0 saturated carbocycles. The van der Waals surface area contributed by atoms with Crippen molar-refractivity contribution >= 4 is 17.6 Å². The Morgan fingerprint density at radius 1 is 1.38 bits per heavy atom.